The molecule has 178 valence electrons. The summed E-state index contributed by atoms with van der Waals surface area (Å²) in [6.45, 7) is 4.70. The van der Waals surface area contributed by atoms with Gasteiger partial charge in [-0.15, -0.1) is 0 Å². The van der Waals surface area contributed by atoms with Gasteiger partial charge in [-0.2, -0.15) is 0 Å². The van der Waals surface area contributed by atoms with Gasteiger partial charge >= 0.3 is 5.70 Å². The molecular formula is C21H34N6O5. The molecule has 1 unspecified atom stereocenters. The quantitative estimate of drug-likeness (QED) is 0.105. The number of hydrogen-bond donors (Lipinski definition) is 4. The average Bonchev–Trinajstić information content (AvgIpc) is 3.23. The van der Waals surface area contributed by atoms with E-state index in [0.717, 1.165) is 44.3 Å². The SMILES string of the molecule is CCOC(O)CN(CC1=CCCC(CN2CCCC2)=C1)C(/N=C/CO)=C(/C(=N)N)[N+](=O)[O-]. The van der Waals surface area contributed by atoms with Crippen LogP contribution in [-0.2, 0) is 4.74 Å². The van der Waals surface area contributed by atoms with Crippen molar-refractivity contribution >= 4 is 12.1 Å². The molecule has 11 nitrogen and oxygen atoms in total. The zero-order valence-corrected chi connectivity index (χ0v) is 18.6. The first-order valence-electron chi connectivity index (χ1n) is 10.9. The highest BCUT2D eigenvalue weighted by Gasteiger charge is 2.29. The lowest BCUT2D eigenvalue weighted by Gasteiger charge is -2.28. The van der Waals surface area contributed by atoms with E-state index >= 15 is 0 Å². The number of nitrogens with two attached hydrogens (primary N) is 1. The number of aliphatic hydroxyl groups is 2. The van der Waals surface area contributed by atoms with E-state index in [0.29, 0.717) is 0 Å². The molecule has 1 atom stereocenters. The number of aliphatic imine (C=N–C) groups is 1. The molecule has 0 aromatic heterocycles. The zero-order valence-electron chi connectivity index (χ0n) is 18.6. The normalized spacial score (nSPS) is 18.8. The Morgan fingerprint density at radius 2 is 2.22 bits per heavy atom. The van der Waals surface area contributed by atoms with Crippen LogP contribution in [0.25, 0.3) is 0 Å². The summed E-state index contributed by atoms with van der Waals surface area (Å²) in [7, 11) is 0. The molecule has 1 aliphatic carbocycles. The summed E-state index contributed by atoms with van der Waals surface area (Å²) in [6.07, 6.45) is 8.25. The van der Waals surface area contributed by atoms with Gasteiger partial charge in [-0.3, -0.25) is 20.4 Å². The van der Waals surface area contributed by atoms with E-state index in [1.165, 1.54) is 23.3 Å². The van der Waals surface area contributed by atoms with Gasteiger partial charge in [-0.1, -0.05) is 17.7 Å². The van der Waals surface area contributed by atoms with Gasteiger partial charge in [-0.05, 0) is 51.3 Å². The van der Waals surface area contributed by atoms with Crippen LogP contribution in [0, 0.1) is 15.5 Å². The van der Waals surface area contributed by atoms with Crippen molar-refractivity contribution in [1.82, 2.24) is 9.80 Å². The second kappa shape index (κ2) is 13.1. The summed E-state index contributed by atoms with van der Waals surface area (Å²) in [5.41, 5.74) is 7.00. The smallest absolute Gasteiger partial charge is 0.352 e. The Balaban J connectivity index is 2.35. The molecule has 0 radical (unpaired) electrons. The molecule has 2 aliphatic rings. The molecule has 0 saturated carbocycles. The number of likely N-dealkylation sites (tertiary alicyclic amines) is 1. The maximum absolute atomic E-state index is 11.6. The highest BCUT2D eigenvalue weighted by Crippen LogP contribution is 2.23. The van der Waals surface area contributed by atoms with E-state index in [1.807, 2.05) is 0 Å². The summed E-state index contributed by atoms with van der Waals surface area (Å²) >= 11 is 0. The van der Waals surface area contributed by atoms with E-state index in [1.54, 1.807) is 6.92 Å². The summed E-state index contributed by atoms with van der Waals surface area (Å²) in [6, 6.07) is 0. The molecule has 32 heavy (non-hydrogen) atoms. The van der Waals surface area contributed by atoms with Crippen molar-refractivity contribution in [2.24, 2.45) is 10.7 Å². The summed E-state index contributed by atoms with van der Waals surface area (Å²) in [5.74, 6) is -0.977. The molecule has 5 N–H and O–H groups in total. The standard InChI is InChI=1S/C21H34N6O5/c1-2-32-18(29)15-26(21(24-8-11-28)19(20(22)23)27(30)31)14-17-7-5-6-16(12-17)13-25-9-3-4-10-25/h7-8,12,18,28-29H,2-6,9-11,13-15H2,1H3,(H3,22,23)/b21-19-,24-8+. The first kappa shape index (κ1) is 25.7. The van der Waals surface area contributed by atoms with Crippen LogP contribution >= 0.6 is 0 Å². The van der Waals surface area contributed by atoms with Gasteiger partial charge < -0.3 is 25.6 Å². The van der Waals surface area contributed by atoms with Crippen LogP contribution in [0.3, 0.4) is 0 Å². The minimum absolute atomic E-state index is 0.122. The fraction of sp³-hybridized carbons (Fsp3) is 0.619. The fourth-order valence-corrected chi connectivity index (χ4v) is 3.90. The number of allylic oxidation sites excluding steroid dienone is 1. The third-order valence-corrected chi connectivity index (χ3v) is 5.24. The number of rotatable bonds is 13. The predicted molar refractivity (Wildman–Crippen MR) is 122 cm³/mol. The molecule has 0 aromatic rings. The Bertz CT molecular complexity index is 770. The van der Waals surface area contributed by atoms with Crippen molar-refractivity contribution in [2.45, 2.75) is 38.9 Å². The molecule has 1 aliphatic heterocycles. The highest BCUT2D eigenvalue weighted by atomic mass is 16.6. The van der Waals surface area contributed by atoms with Gasteiger partial charge in [0.25, 0.3) is 0 Å². The number of nitro groups is 1. The van der Waals surface area contributed by atoms with Gasteiger partial charge in [0.05, 0.1) is 18.1 Å². The molecule has 11 heteroatoms. The third kappa shape index (κ3) is 7.83. The summed E-state index contributed by atoms with van der Waals surface area (Å²) in [4.78, 5) is 18.8. The third-order valence-electron chi connectivity index (χ3n) is 5.24. The summed E-state index contributed by atoms with van der Waals surface area (Å²) in [5, 5.41) is 38.7. The predicted octanol–water partition coefficient (Wildman–Crippen LogP) is 0.831. The van der Waals surface area contributed by atoms with Crippen LogP contribution in [0.2, 0.25) is 0 Å². The number of hydrogen-bond acceptors (Lipinski definition) is 9. The molecule has 1 fully saturated rings. The van der Waals surface area contributed by atoms with Crippen molar-refractivity contribution in [1.29, 1.82) is 5.41 Å². The molecule has 1 saturated heterocycles. The zero-order chi connectivity index (χ0) is 23.5. The maximum atomic E-state index is 11.6. The molecular weight excluding hydrogens is 416 g/mol. The van der Waals surface area contributed by atoms with Gasteiger partial charge in [0.1, 0.15) is 0 Å². The first-order valence-corrected chi connectivity index (χ1v) is 10.9. The van der Waals surface area contributed by atoms with Crippen molar-refractivity contribution < 1.29 is 19.9 Å². The lowest BCUT2D eigenvalue weighted by Crippen LogP contribution is -2.37. The number of nitrogens with zero attached hydrogens (tertiary/aromatic N) is 4. The molecule has 0 aromatic carbocycles. The van der Waals surface area contributed by atoms with Crippen LogP contribution in [0.5, 0.6) is 0 Å². The minimum atomic E-state index is -1.23. The molecule has 2 rings (SSSR count). The van der Waals surface area contributed by atoms with Crippen LogP contribution in [-0.4, -0.2) is 89.2 Å². The lowest BCUT2D eigenvalue weighted by molar-refractivity contribution is -0.417. The molecule has 0 amide bonds. The Morgan fingerprint density at radius 1 is 1.50 bits per heavy atom. The second-order valence-electron chi connectivity index (χ2n) is 7.73. The van der Waals surface area contributed by atoms with Gasteiger partial charge in [-0.25, -0.2) is 4.99 Å². The Kier molecular flexibility index (Phi) is 10.5. The largest absolute Gasteiger partial charge is 0.391 e. The minimum Gasteiger partial charge on any atom is -0.391 e. The van der Waals surface area contributed by atoms with Crippen LogP contribution in [0.1, 0.15) is 32.6 Å². The van der Waals surface area contributed by atoms with E-state index in [2.05, 4.69) is 22.0 Å². The number of amidine groups is 1. The fourth-order valence-electron chi connectivity index (χ4n) is 3.90. The lowest BCUT2D eigenvalue weighted by atomic mass is 9.98. The van der Waals surface area contributed by atoms with Crippen molar-refractivity contribution in [2.75, 3.05) is 45.9 Å². The van der Waals surface area contributed by atoms with E-state index in [9.17, 15) is 15.2 Å². The van der Waals surface area contributed by atoms with Crippen molar-refractivity contribution in [3.05, 3.63) is 44.9 Å². The highest BCUT2D eigenvalue weighted by molar-refractivity contribution is 5.92. The van der Waals surface area contributed by atoms with Gasteiger partial charge in [0.2, 0.25) is 5.82 Å². The van der Waals surface area contributed by atoms with E-state index in [-0.39, 0.29) is 25.5 Å². The monoisotopic (exact) mass is 450 g/mol. The van der Waals surface area contributed by atoms with Crippen molar-refractivity contribution in [3.63, 3.8) is 0 Å². The van der Waals surface area contributed by atoms with Gasteiger partial charge in [0, 0.05) is 25.9 Å². The number of nitrogens with one attached hydrogen (secondary N) is 1. The Morgan fingerprint density at radius 3 is 2.81 bits per heavy atom. The number of aliphatic hydroxyl groups excluding tert-OH is 2. The molecule has 0 spiro atoms. The van der Waals surface area contributed by atoms with Crippen LogP contribution in [0.15, 0.2) is 39.8 Å². The maximum Gasteiger partial charge on any atom is 0.352 e. The Hall–Kier alpha value is -2.60. The topological polar surface area (TPSA) is 162 Å². The second-order valence-corrected chi connectivity index (χ2v) is 7.73. The van der Waals surface area contributed by atoms with Crippen molar-refractivity contribution in [3.8, 4) is 0 Å². The summed E-state index contributed by atoms with van der Waals surface area (Å²) < 4.78 is 5.22. The molecule has 0 bridgehead atoms. The van der Waals surface area contributed by atoms with Crippen LogP contribution in [0.4, 0.5) is 0 Å². The van der Waals surface area contributed by atoms with E-state index in [4.69, 9.17) is 21.0 Å². The van der Waals surface area contributed by atoms with Gasteiger partial charge in [0.15, 0.2) is 12.1 Å². The number of ether oxygens (including phenoxy) is 1. The molecule has 1 heterocycles. The van der Waals surface area contributed by atoms with Crippen LogP contribution < -0.4 is 5.73 Å². The Labute approximate surface area is 188 Å². The van der Waals surface area contributed by atoms with E-state index < -0.39 is 29.4 Å². The first-order chi connectivity index (χ1) is 15.3. The average molecular weight is 451 g/mol.